The number of ether oxygens (including phenoxy) is 2. The van der Waals surface area contributed by atoms with E-state index < -0.39 is 16.1 Å². The van der Waals surface area contributed by atoms with E-state index in [2.05, 4.69) is 26.3 Å². The maximum atomic E-state index is 12.3. The highest BCUT2D eigenvalue weighted by molar-refractivity contribution is 7.95. The Morgan fingerprint density at radius 1 is 0.900 bits per heavy atom. The summed E-state index contributed by atoms with van der Waals surface area (Å²) >= 11 is 1.27. The number of hydrogen-bond donors (Lipinski definition) is 4. The summed E-state index contributed by atoms with van der Waals surface area (Å²) in [6, 6.07) is 9.70. The van der Waals surface area contributed by atoms with Crippen LogP contribution in [0.5, 0.6) is 0 Å². The number of carbonyl (C=O) groups is 1. The fourth-order valence-electron chi connectivity index (χ4n) is 4.17. The lowest BCUT2D eigenvalue weighted by Crippen LogP contribution is -2.15. The van der Waals surface area contributed by atoms with Crippen molar-refractivity contribution in [2.75, 3.05) is 31.7 Å². The molecule has 0 aliphatic heterocycles. The quantitative estimate of drug-likeness (QED) is 0.0200. The molecule has 0 saturated carbocycles. The summed E-state index contributed by atoms with van der Waals surface area (Å²) in [7, 11) is -4.67. The maximum Gasteiger partial charge on any atom is 0.333 e. The topological polar surface area (TPSA) is 179 Å². The van der Waals surface area contributed by atoms with Crippen LogP contribution in [0.4, 0.5) is 5.69 Å². The maximum absolute atomic E-state index is 12.3. The van der Waals surface area contributed by atoms with E-state index in [0.717, 1.165) is 12.0 Å². The van der Waals surface area contributed by atoms with Crippen molar-refractivity contribution in [3.8, 4) is 0 Å². The molecule has 13 nitrogen and oxygen atoms in total. The van der Waals surface area contributed by atoms with Crippen LogP contribution in [0, 0.1) is 0 Å². The van der Waals surface area contributed by atoms with E-state index in [1.807, 2.05) is 0 Å². The van der Waals surface area contributed by atoms with E-state index in [-0.39, 0.29) is 35.0 Å². The molecule has 40 heavy (non-hydrogen) atoms. The third-order valence-corrected chi connectivity index (χ3v) is 7.93. The molecule has 0 aliphatic rings. The highest BCUT2D eigenvalue weighted by atomic mass is 32.2. The molecule has 0 bridgehead atoms. The van der Waals surface area contributed by atoms with Gasteiger partial charge in [0.2, 0.25) is 0 Å². The third-order valence-electron chi connectivity index (χ3n) is 5.74. The Bertz CT molecular complexity index is 1640. The van der Waals surface area contributed by atoms with Gasteiger partial charge in [0.15, 0.2) is 0 Å². The molecule has 0 heterocycles. The Hall–Kier alpha value is -2.74. The summed E-state index contributed by atoms with van der Waals surface area (Å²) in [6.45, 7) is 5.92. The van der Waals surface area contributed by atoms with Crippen LogP contribution < -0.4 is 5.32 Å². The molecule has 0 unspecified atom stereocenters. The number of benzene rings is 4. The monoisotopic (exact) mass is 613 g/mol. The Morgan fingerprint density at radius 3 is 2.08 bits per heavy atom. The van der Waals surface area contributed by atoms with Gasteiger partial charge in [-0.05, 0) is 29.8 Å². The largest absolute Gasteiger partial charge is 0.460 e. The number of esters is 1. The Morgan fingerprint density at radius 2 is 1.48 bits per heavy atom. The minimum absolute atomic E-state index is 0.0746. The van der Waals surface area contributed by atoms with Crippen LogP contribution in [0.1, 0.15) is 6.92 Å². The van der Waals surface area contributed by atoms with Gasteiger partial charge in [0.25, 0.3) is 10.1 Å². The highest BCUT2D eigenvalue weighted by Gasteiger charge is 2.23. The van der Waals surface area contributed by atoms with Crippen LogP contribution in [-0.4, -0.2) is 55.8 Å². The summed E-state index contributed by atoms with van der Waals surface area (Å²) in [5, 5.41) is 31.3. The van der Waals surface area contributed by atoms with Crippen molar-refractivity contribution >= 4 is 78.2 Å². The first-order chi connectivity index (χ1) is 19.2. The first-order valence-corrected chi connectivity index (χ1v) is 14.3. The summed E-state index contributed by atoms with van der Waals surface area (Å²) in [6.07, 6.45) is 0. The average molecular weight is 614 g/mol. The number of hydrogen-bond acceptors (Lipinski definition) is 14. The second-order valence-electron chi connectivity index (χ2n) is 8.25. The lowest BCUT2D eigenvalue weighted by Gasteiger charge is -2.19. The lowest BCUT2D eigenvalue weighted by atomic mass is 9.93. The molecule has 0 atom stereocenters. The molecule has 214 valence electrons. The second kappa shape index (κ2) is 13.3. The molecule has 4 aromatic carbocycles. The van der Waals surface area contributed by atoms with Crippen molar-refractivity contribution in [2.45, 2.75) is 21.6 Å². The van der Waals surface area contributed by atoms with E-state index in [9.17, 15) is 17.8 Å². The minimum Gasteiger partial charge on any atom is -0.460 e. The van der Waals surface area contributed by atoms with Gasteiger partial charge in [-0.1, -0.05) is 40.9 Å². The molecule has 0 aliphatic carbocycles. The zero-order valence-electron chi connectivity index (χ0n) is 20.7. The average Bonchev–Trinajstić information content (AvgIpc) is 2.92. The predicted molar refractivity (Wildman–Crippen MR) is 146 cm³/mol. The molecule has 0 fully saturated rings. The molecule has 0 saturated heterocycles. The molecule has 0 spiro atoms. The Labute approximate surface area is 236 Å². The smallest absolute Gasteiger partial charge is 0.333 e. The molecular weight excluding hydrogens is 590 g/mol. The van der Waals surface area contributed by atoms with E-state index in [1.54, 1.807) is 37.3 Å². The molecule has 4 N–H and O–H groups in total. The Balaban J connectivity index is 1.74. The van der Waals surface area contributed by atoms with E-state index in [1.165, 1.54) is 6.07 Å². The summed E-state index contributed by atoms with van der Waals surface area (Å²) in [4.78, 5) is 11.8. The van der Waals surface area contributed by atoms with E-state index in [4.69, 9.17) is 24.3 Å². The molecule has 0 amide bonds. The lowest BCUT2D eigenvalue weighted by molar-refractivity contribution is -0.432. The number of rotatable bonds is 15. The molecule has 0 aromatic heterocycles. The van der Waals surface area contributed by atoms with Crippen molar-refractivity contribution in [3.63, 3.8) is 0 Å². The Kier molecular flexibility index (Phi) is 10.0. The van der Waals surface area contributed by atoms with Crippen LogP contribution >= 0.6 is 24.1 Å². The SMILES string of the molecule is C=C(C)C(=O)OCCOCCNc1cc(SOOO)c2ccc3c(SOOO)cc(S(=O)(=O)O)c4ccc1c2c34. The summed E-state index contributed by atoms with van der Waals surface area (Å²) in [5.74, 6) is -0.497. The number of anilines is 1. The van der Waals surface area contributed by atoms with Gasteiger partial charge >= 0.3 is 5.97 Å². The molecule has 4 rings (SSSR count). The van der Waals surface area contributed by atoms with Crippen LogP contribution in [0.2, 0.25) is 0 Å². The van der Waals surface area contributed by atoms with Crippen molar-refractivity contribution in [3.05, 3.63) is 48.6 Å². The third kappa shape index (κ3) is 6.59. The van der Waals surface area contributed by atoms with Gasteiger partial charge in [0, 0.05) is 49.1 Å². The van der Waals surface area contributed by atoms with Gasteiger partial charge < -0.3 is 14.8 Å². The standard InChI is InChI=1S/C24H23NO12S3/c1-13(2)24(26)33-10-9-32-8-7-25-18-11-19(38-36-34-27)15-4-5-16-20(39-37-35-28)12-21(40(29,30)31)17-6-3-14(18)22(15)23(16)17/h3-6,11-12,25,27-28H,1,7-10H2,2H3,(H,29,30,31). The van der Waals surface area contributed by atoms with Gasteiger partial charge in [-0.15, -0.1) is 8.67 Å². The first kappa shape index (κ1) is 30.2. The number of nitrogens with one attached hydrogen (secondary N) is 1. The van der Waals surface area contributed by atoms with Gasteiger partial charge in [-0.25, -0.2) is 15.3 Å². The molecule has 16 heteroatoms. The van der Waals surface area contributed by atoms with Crippen molar-refractivity contribution in [2.24, 2.45) is 0 Å². The first-order valence-electron chi connectivity index (χ1n) is 11.4. The van der Waals surface area contributed by atoms with Crippen LogP contribution in [0.15, 0.2) is 63.2 Å². The van der Waals surface area contributed by atoms with Gasteiger partial charge in [-0.2, -0.15) is 8.42 Å². The minimum atomic E-state index is -4.67. The van der Waals surface area contributed by atoms with Crippen molar-refractivity contribution < 1.29 is 56.5 Å². The number of carbonyl (C=O) groups excluding carboxylic acids is 1. The molecule has 4 aromatic rings. The van der Waals surface area contributed by atoms with Crippen LogP contribution in [0.25, 0.3) is 32.3 Å². The van der Waals surface area contributed by atoms with Crippen molar-refractivity contribution in [1.29, 1.82) is 0 Å². The van der Waals surface area contributed by atoms with Gasteiger partial charge in [0.05, 0.1) is 37.3 Å². The molecule has 0 radical (unpaired) electrons. The summed E-state index contributed by atoms with van der Waals surface area (Å²) in [5.41, 5.74) is 0.910. The molecular formula is C24H23NO12S3. The van der Waals surface area contributed by atoms with Crippen molar-refractivity contribution in [1.82, 2.24) is 0 Å². The van der Waals surface area contributed by atoms with Gasteiger partial charge in [-0.3, -0.25) is 4.55 Å². The fourth-order valence-corrected chi connectivity index (χ4v) is 6.02. The van der Waals surface area contributed by atoms with Crippen LogP contribution in [0.3, 0.4) is 0 Å². The normalized spacial score (nSPS) is 12.0. The zero-order chi connectivity index (χ0) is 28.9. The fraction of sp³-hybridized carbons (Fsp3) is 0.208. The van der Waals surface area contributed by atoms with Gasteiger partial charge in [0.1, 0.15) is 11.5 Å². The highest BCUT2D eigenvalue weighted by Crippen LogP contribution is 2.46. The van der Waals surface area contributed by atoms with E-state index >= 15 is 0 Å². The predicted octanol–water partition coefficient (Wildman–Crippen LogP) is 5.24. The zero-order valence-corrected chi connectivity index (χ0v) is 23.2. The summed E-state index contributed by atoms with van der Waals surface area (Å²) < 4.78 is 54.3. The second-order valence-corrected chi connectivity index (χ2v) is 11.1. The van der Waals surface area contributed by atoms with Crippen LogP contribution in [-0.2, 0) is 43.1 Å². The van der Waals surface area contributed by atoms with E-state index in [0.29, 0.717) is 61.7 Å².